The molecule has 0 aliphatic carbocycles. The second-order valence-corrected chi connectivity index (χ2v) is 5.78. The van der Waals surface area contributed by atoms with E-state index >= 15 is 0 Å². The van der Waals surface area contributed by atoms with E-state index in [1.807, 2.05) is 31.2 Å². The van der Waals surface area contributed by atoms with Crippen molar-refractivity contribution in [1.82, 2.24) is 10.2 Å². The van der Waals surface area contributed by atoms with Crippen LogP contribution in [0.25, 0.3) is 10.9 Å². The van der Waals surface area contributed by atoms with E-state index in [0.29, 0.717) is 24.2 Å². The number of anilines is 1. The number of rotatable bonds is 4. The Hall–Kier alpha value is -2.33. The van der Waals surface area contributed by atoms with Crippen LogP contribution in [0.5, 0.6) is 0 Å². The zero-order valence-electron chi connectivity index (χ0n) is 12.2. The van der Waals surface area contributed by atoms with Crippen LogP contribution in [0, 0.1) is 6.92 Å². The lowest BCUT2D eigenvalue weighted by Crippen LogP contribution is -2.01. The van der Waals surface area contributed by atoms with Gasteiger partial charge in [0.15, 0.2) is 11.6 Å². The highest BCUT2D eigenvalue weighted by Gasteiger charge is 2.10. The number of benzene rings is 2. The largest absolute Gasteiger partial charge is 0.382 e. The first-order valence-electron chi connectivity index (χ1n) is 7.06. The number of nitrogens with zero attached hydrogens (tertiary/aromatic N) is 1. The van der Waals surface area contributed by atoms with Crippen LogP contribution in [-0.4, -0.2) is 16.0 Å². The topological polar surface area (TPSA) is 71.8 Å². The van der Waals surface area contributed by atoms with Crippen LogP contribution in [0.2, 0.25) is 5.02 Å². The lowest BCUT2D eigenvalue weighted by molar-refractivity contribution is 0.0983. The molecule has 3 aromatic rings. The van der Waals surface area contributed by atoms with Gasteiger partial charge in [-0.05, 0) is 48.7 Å². The van der Waals surface area contributed by atoms with Gasteiger partial charge in [0, 0.05) is 22.4 Å². The van der Waals surface area contributed by atoms with Gasteiger partial charge in [0.1, 0.15) is 0 Å². The van der Waals surface area contributed by atoms with Crippen molar-refractivity contribution in [3.8, 4) is 0 Å². The second kappa shape index (κ2) is 5.81. The fraction of sp³-hybridized carbons (Fsp3) is 0.176. The fourth-order valence-corrected chi connectivity index (χ4v) is 2.61. The number of halogens is 1. The molecule has 2 aromatic carbocycles. The number of hydrogen-bond donors (Lipinski definition) is 2. The molecule has 0 bridgehead atoms. The maximum atomic E-state index is 12.3. The Morgan fingerprint density at radius 3 is 2.86 bits per heavy atom. The Kier molecular flexibility index (Phi) is 3.86. The fourth-order valence-electron chi connectivity index (χ4n) is 2.40. The molecule has 0 aliphatic heterocycles. The molecule has 0 aliphatic rings. The lowest BCUT2D eigenvalue weighted by atomic mass is 10.0. The molecule has 112 valence electrons. The van der Waals surface area contributed by atoms with Gasteiger partial charge in [-0.25, -0.2) is 0 Å². The Morgan fingerprint density at radius 1 is 1.27 bits per heavy atom. The first-order valence-corrected chi connectivity index (χ1v) is 7.44. The van der Waals surface area contributed by atoms with Gasteiger partial charge in [-0.15, -0.1) is 0 Å². The van der Waals surface area contributed by atoms with Gasteiger partial charge in [-0.2, -0.15) is 5.10 Å². The molecule has 0 saturated heterocycles. The minimum atomic E-state index is 0.0826. The summed E-state index contributed by atoms with van der Waals surface area (Å²) >= 11 is 6.11. The monoisotopic (exact) mass is 313 g/mol. The first-order chi connectivity index (χ1) is 10.5. The maximum Gasteiger partial charge on any atom is 0.163 e. The minimum Gasteiger partial charge on any atom is -0.382 e. The van der Waals surface area contributed by atoms with Crippen molar-refractivity contribution >= 4 is 34.1 Å². The number of ketones is 1. The third-order valence-corrected chi connectivity index (χ3v) is 4.20. The molecule has 0 amide bonds. The van der Waals surface area contributed by atoms with Crippen molar-refractivity contribution in [3.05, 3.63) is 58.1 Å². The number of nitrogens with two attached hydrogens (primary N) is 1. The number of carbonyl (C=O) groups excluding carboxylic acids is 1. The predicted octanol–water partition coefficient (Wildman–Crippen LogP) is 3.92. The molecule has 4 nitrogen and oxygen atoms in total. The van der Waals surface area contributed by atoms with Crippen molar-refractivity contribution in [1.29, 1.82) is 0 Å². The highest BCUT2D eigenvalue weighted by atomic mass is 35.5. The zero-order valence-corrected chi connectivity index (χ0v) is 12.9. The van der Waals surface area contributed by atoms with E-state index in [2.05, 4.69) is 10.2 Å². The number of H-pyrrole nitrogens is 1. The van der Waals surface area contributed by atoms with Gasteiger partial charge in [0.05, 0.1) is 5.52 Å². The summed E-state index contributed by atoms with van der Waals surface area (Å²) in [5, 5.41) is 8.27. The smallest absolute Gasteiger partial charge is 0.163 e. The number of nitrogens with one attached hydrogen (secondary N) is 1. The van der Waals surface area contributed by atoms with Gasteiger partial charge >= 0.3 is 0 Å². The van der Waals surface area contributed by atoms with Gasteiger partial charge in [0.2, 0.25) is 0 Å². The lowest BCUT2D eigenvalue weighted by Gasteiger charge is -2.04. The third-order valence-electron chi connectivity index (χ3n) is 3.79. The second-order valence-electron chi connectivity index (χ2n) is 5.38. The van der Waals surface area contributed by atoms with Crippen molar-refractivity contribution in [2.45, 2.75) is 19.8 Å². The van der Waals surface area contributed by atoms with Crippen LogP contribution in [0.4, 0.5) is 5.82 Å². The Labute approximate surface area is 133 Å². The van der Waals surface area contributed by atoms with E-state index < -0.39 is 0 Å². The van der Waals surface area contributed by atoms with Crippen molar-refractivity contribution in [2.24, 2.45) is 0 Å². The molecule has 0 spiro atoms. The quantitative estimate of drug-likeness (QED) is 0.717. The molecule has 3 rings (SSSR count). The molecule has 0 fully saturated rings. The Morgan fingerprint density at radius 2 is 2.09 bits per heavy atom. The summed E-state index contributed by atoms with van der Waals surface area (Å²) in [6.07, 6.45) is 1.10. The first kappa shape index (κ1) is 14.6. The SMILES string of the molecule is Cc1ccc(CCC(=O)c2ccc3[nH]nc(N)c3c2)cc1Cl. The van der Waals surface area contributed by atoms with Gasteiger partial charge < -0.3 is 5.73 Å². The number of fused-ring (bicyclic) bond motifs is 1. The maximum absolute atomic E-state index is 12.3. The molecular weight excluding hydrogens is 298 g/mol. The highest BCUT2D eigenvalue weighted by Crippen LogP contribution is 2.21. The summed E-state index contributed by atoms with van der Waals surface area (Å²) in [6.45, 7) is 1.96. The van der Waals surface area contributed by atoms with Crippen LogP contribution in [0.3, 0.4) is 0 Å². The van der Waals surface area contributed by atoms with Gasteiger partial charge in [-0.3, -0.25) is 9.89 Å². The standard InChI is InChI=1S/C17H16ClN3O/c1-10-2-3-11(8-14(10)18)4-7-16(22)12-5-6-15-13(9-12)17(19)21-20-15/h2-3,5-6,8-9H,4,7H2,1H3,(H3,19,20,21). The van der Waals surface area contributed by atoms with Crippen LogP contribution >= 0.6 is 11.6 Å². The predicted molar refractivity (Wildman–Crippen MR) is 89.3 cm³/mol. The summed E-state index contributed by atoms with van der Waals surface area (Å²) in [7, 11) is 0. The van der Waals surface area contributed by atoms with Gasteiger partial charge in [0.25, 0.3) is 0 Å². The number of carbonyl (C=O) groups is 1. The molecule has 0 atom stereocenters. The number of aromatic nitrogens is 2. The summed E-state index contributed by atoms with van der Waals surface area (Å²) in [4.78, 5) is 12.3. The third kappa shape index (κ3) is 2.83. The van der Waals surface area contributed by atoms with E-state index in [1.54, 1.807) is 12.1 Å². The molecule has 0 radical (unpaired) electrons. The summed E-state index contributed by atoms with van der Waals surface area (Å²) in [5.41, 5.74) is 9.36. The molecule has 3 N–H and O–H groups in total. The van der Waals surface area contributed by atoms with E-state index in [-0.39, 0.29) is 5.78 Å². The molecule has 0 saturated carbocycles. The normalized spacial score (nSPS) is 11.0. The molecule has 22 heavy (non-hydrogen) atoms. The molecular formula is C17H16ClN3O. The summed E-state index contributed by atoms with van der Waals surface area (Å²) in [5.74, 6) is 0.495. The van der Waals surface area contributed by atoms with Crippen LogP contribution < -0.4 is 5.73 Å². The number of aryl methyl sites for hydroxylation is 2. The number of hydrogen-bond acceptors (Lipinski definition) is 3. The summed E-state index contributed by atoms with van der Waals surface area (Å²) in [6, 6.07) is 11.3. The van der Waals surface area contributed by atoms with E-state index in [9.17, 15) is 4.79 Å². The van der Waals surface area contributed by atoms with Crippen molar-refractivity contribution in [3.63, 3.8) is 0 Å². The molecule has 1 aromatic heterocycles. The minimum absolute atomic E-state index is 0.0826. The average Bonchev–Trinajstić information content (AvgIpc) is 2.89. The zero-order chi connectivity index (χ0) is 15.7. The molecule has 1 heterocycles. The van der Waals surface area contributed by atoms with Crippen molar-refractivity contribution < 1.29 is 4.79 Å². The van der Waals surface area contributed by atoms with Crippen LogP contribution in [-0.2, 0) is 6.42 Å². The molecule has 0 unspecified atom stereocenters. The van der Waals surface area contributed by atoms with Crippen molar-refractivity contribution in [2.75, 3.05) is 5.73 Å². The Balaban J connectivity index is 1.75. The Bertz CT molecular complexity index is 854. The van der Waals surface area contributed by atoms with Crippen LogP contribution in [0.1, 0.15) is 27.9 Å². The van der Waals surface area contributed by atoms with Crippen LogP contribution in [0.15, 0.2) is 36.4 Å². The van der Waals surface area contributed by atoms with E-state index in [4.69, 9.17) is 17.3 Å². The van der Waals surface area contributed by atoms with E-state index in [0.717, 1.165) is 27.1 Å². The molecule has 5 heteroatoms. The number of aromatic amines is 1. The van der Waals surface area contributed by atoms with E-state index in [1.165, 1.54) is 0 Å². The number of nitrogen functional groups attached to an aromatic ring is 1. The highest BCUT2D eigenvalue weighted by molar-refractivity contribution is 6.31. The average molecular weight is 314 g/mol. The van der Waals surface area contributed by atoms with Gasteiger partial charge in [-0.1, -0.05) is 23.7 Å². The summed E-state index contributed by atoms with van der Waals surface area (Å²) < 4.78 is 0. The number of Topliss-reactive ketones (excluding diaryl/α,β-unsaturated/α-hetero) is 1.